The van der Waals surface area contributed by atoms with Crippen molar-refractivity contribution in [2.45, 2.75) is 35.6 Å². The Kier molecular flexibility index (Phi) is 5.57. The van der Waals surface area contributed by atoms with Crippen LogP contribution in [-0.2, 0) is 20.0 Å². The number of benzene rings is 2. The Bertz CT molecular complexity index is 1110. The minimum absolute atomic E-state index is 0.00222. The van der Waals surface area contributed by atoms with Crippen LogP contribution in [0.15, 0.2) is 52.3 Å². The van der Waals surface area contributed by atoms with Gasteiger partial charge < -0.3 is 5.32 Å². The maximum atomic E-state index is 12.4. The van der Waals surface area contributed by atoms with E-state index in [1.54, 1.807) is 19.1 Å². The highest BCUT2D eigenvalue weighted by Gasteiger charge is 2.28. The summed E-state index contributed by atoms with van der Waals surface area (Å²) in [5.41, 5.74) is 1.12. The van der Waals surface area contributed by atoms with E-state index in [1.165, 1.54) is 37.4 Å². The highest BCUT2D eigenvalue weighted by Crippen LogP contribution is 2.23. The molecule has 3 N–H and O–H groups in total. The number of aryl methyl sites for hydroxylation is 1. The van der Waals surface area contributed by atoms with E-state index < -0.39 is 26.0 Å². The molecule has 0 heterocycles. The average molecular weight is 424 g/mol. The summed E-state index contributed by atoms with van der Waals surface area (Å²) >= 11 is 0. The van der Waals surface area contributed by atoms with Crippen LogP contribution in [0.2, 0.25) is 0 Å². The Morgan fingerprint density at radius 2 is 1.61 bits per heavy atom. The highest BCUT2D eigenvalue weighted by atomic mass is 32.2. The van der Waals surface area contributed by atoms with Gasteiger partial charge in [0.2, 0.25) is 20.0 Å². The zero-order chi connectivity index (χ0) is 20.5. The molecule has 2 aromatic rings. The number of sulfonamides is 2. The first-order valence-corrected chi connectivity index (χ1v) is 11.6. The summed E-state index contributed by atoms with van der Waals surface area (Å²) in [5.74, 6) is -0.476. The molecule has 2 aromatic carbocycles. The van der Waals surface area contributed by atoms with Gasteiger partial charge in [-0.3, -0.25) is 4.79 Å². The summed E-state index contributed by atoms with van der Waals surface area (Å²) in [7, 11) is -5.92. The van der Waals surface area contributed by atoms with Gasteiger partial charge in [-0.25, -0.2) is 26.3 Å². The number of hydrogen-bond acceptors (Lipinski definition) is 5. The lowest BCUT2D eigenvalue weighted by molar-refractivity contribution is 0.102. The molecule has 1 aliphatic carbocycles. The van der Waals surface area contributed by atoms with Gasteiger partial charge in [0.15, 0.2) is 0 Å². The van der Waals surface area contributed by atoms with Crippen molar-refractivity contribution in [1.82, 2.24) is 9.44 Å². The second kappa shape index (κ2) is 7.63. The van der Waals surface area contributed by atoms with Crippen molar-refractivity contribution >= 4 is 31.6 Å². The van der Waals surface area contributed by atoms with Gasteiger partial charge in [0.1, 0.15) is 0 Å². The molecule has 1 saturated carbocycles. The van der Waals surface area contributed by atoms with E-state index in [0.717, 1.165) is 12.8 Å². The summed E-state index contributed by atoms with van der Waals surface area (Å²) in [6.07, 6.45) is 1.67. The number of rotatable bonds is 7. The molecular formula is C18H21N3O5S2. The molecule has 3 rings (SSSR count). The third-order valence-electron chi connectivity index (χ3n) is 4.33. The highest BCUT2D eigenvalue weighted by molar-refractivity contribution is 7.89. The number of anilines is 1. The topological polar surface area (TPSA) is 121 Å². The van der Waals surface area contributed by atoms with Crippen LogP contribution in [0.25, 0.3) is 0 Å². The minimum Gasteiger partial charge on any atom is -0.322 e. The van der Waals surface area contributed by atoms with Gasteiger partial charge in [-0.05, 0) is 68.8 Å². The Balaban J connectivity index is 1.77. The SMILES string of the molecule is CNS(=O)(=O)c1cc(NC(=O)c2ccc(S(=O)(=O)NC3CC3)cc2)ccc1C. The molecule has 1 fully saturated rings. The van der Waals surface area contributed by atoms with E-state index in [4.69, 9.17) is 0 Å². The maximum absolute atomic E-state index is 12.4. The maximum Gasteiger partial charge on any atom is 0.255 e. The predicted octanol–water partition coefficient (Wildman–Crippen LogP) is 1.60. The van der Waals surface area contributed by atoms with Crippen LogP contribution in [0.5, 0.6) is 0 Å². The zero-order valence-electron chi connectivity index (χ0n) is 15.4. The quantitative estimate of drug-likeness (QED) is 0.624. The molecule has 0 spiro atoms. The summed E-state index contributed by atoms with van der Waals surface area (Å²) in [6, 6.07) is 10.1. The standard InChI is InChI=1S/C18H21N3O5S2/c1-12-3-6-15(11-17(12)28(25,26)19-2)20-18(22)13-4-9-16(10-5-13)27(23,24)21-14-7-8-14/h3-6,9-11,14,19,21H,7-8H2,1-2H3,(H,20,22). The Morgan fingerprint density at radius 1 is 0.964 bits per heavy atom. The van der Waals surface area contributed by atoms with Gasteiger partial charge in [-0.1, -0.05) is 6.07 Å². The smallest absolute Gasteiger partial charge is 0.255 e. The van der Waals surface area contributed by atoms with E-state index in [0.29, 0.717) is 11.3 Å². The van der Waals surface area contributed by atoms with E-state index >= 15 is 0 Å². The van der Waals surface area contributed by atoms with E-state index in [2.05, 4.69) is 14.8 Å². The number of nitrogens with one attached hydrogen (secondary N) is 3. The van der Waals surface area contributed by atoms with Gasteiger partial charge in [0.25, 0.3) is 5.91 Å². The minimum atomic E-state index is -3.65. The molecule has 0 aromatic heterocycles. The summed E-state index contributed by atoms with van der Waals surface area (Å²) in [5, 5.41) is 2.63. The Labute approximate surface area is 164 Å². The van der Waals surface area contributed by atoms with Gasteiger partial charge in [-0.2, -0.15) is 0 Å². The van der Waals surface area contributed by atoms with Crippen molar-refractivity contribution < 1.29 is 21.6 Å². The predicted molar refractivity (Wildman–Crippen MR) is 105 cm³/mol. The molecule has 0 aliphatic heterocycles. The van der Waals surface area contributed by atoms with E-state index in [-0.39, 0.29) is 21.4 Å². The number of amides is 1. The van der Waals surface area contributed by atoms with Gasteiger partial charge in [-0.15, -0.1) is 0 Å². The van der Waals surface area contributed by atoms with Gasteiger partial charge >= 0.3 is 0 Å². The molecule has 0 radical (unpaired) electrons. The first-order valence-electron chi connectivity index (χ1n) is 8.60. The fourth-order valence-corrected chi connectivity index (χ4v) is 4.85. The lowest BCUT2D eigenvalue weighted by Crippen LogP contribution is -2.25. The van der Waals surface area contributed by atoms with Gasteiger partial charge in [0, 0.05) is 17.3 Å². The summed E-state index contributed by atoms with van der Waals surface area (Å²) < 4.78 is 53.3. The number of carbonyl (C=O) groups is 1. The van der Waals surface area contributed by atoms with Crippen LogP contribution in [0.4, 0.5) is 5.69 Å². The van der Waals surface area contributed by atoms with Crippen molar-refractivity contribution in [3.63, 3.8) is 0 Å². The molecule has 8 nitrogen and oxygen atoms in total. The largest absolute Gasteiger partial charge is 0.322 e. The van der Waals surface area contributed by atoms with Crippen LogP contribution >= 0.6 is 0 Å². The third kappa shape index (κ3) is 4.58. The summed E-state index contributed by atoms with van der Waals surface area (Å²) in [4.78, 5) is 12.6. The van der Waals surface area contributed by atoms with Crippen molar-refractivity contribution in [2.24, 2.45) is 0 Å². The monoisotopic (exact) mass is 423 g/mol. The van der Waals surface area contributed by atoms with Crippen LogP contribution in [-0.4, -0.2) is 35.8 Å². The average Bonchev–Trinajstić information content (AvgIpc) is 3.46. The first kappa shape index (κ1) is 20.5. The fraction of sp³-hybridized carbons (Fsp3) is 0.278. The van der Waals surface area contributed by atoms with E-state index in [1.807, 2.05) is 0 Å². The van der Waals surface area contributed by atoms with Crippen molar-refractivity contribution in [2.75, 3.05) is 12.4 Å². The van der Waals surface area contributed by atoms with Crippen LogP contribution < -0.4 is 14.8 Å². The molecule has 1 amide bonds. The van der Waals surface area contributed by atoms with Crippen molar-refractivity contribution in [1.29, 1.82) is 0 Å². The van der Waals surface area contributed by atoms with Gasteiger partial charge in [0.05, 0.1) is 9.79 Å². The molecular weight excluding hydrogens is 402 g/mol. The van der Waals surface area contributed by atoms with Crippen molar-refractivity contribution in [3.8, 4) is 0 Å². The second-order valence-electron chi connectivity index (χ2n) is 6.56. The second-order valence-corrected chi connectivity index (χ2v) is 10.1. The van der Waals surface area contributed by atoms with Crippen LogP contribution in [0, 0.1) is 6.92 Å². The number of carbonyl (C=O) groups excluding carboxylic acids is 1. The third-order valence-corrected chi connectivity index (χ3v) is 7.42. The fourth-order valence-electron chi connectivity index (χ4n) is 2.55. The Hall–Kier alpha value is -2.27. The molecule has 28 heavy (non-hydrogen) atoms. The first-order chi connectivity index (χ1) is 13.1. The molecule has 0 unspecified atom stereocenters. The summed E-state index contributed by atoms with van der Waals surface area (Å²) in [6.45, 7) is 1.66. The molecule has 0 saturated heterocycles. The zero-order valence-corrected chi connectivity index (χ0v) is 17.0. The van der Waals surface area contributed by atoms with Crippen LogP contribution in [0.1, 0.15) is 28.8 Å². The molecule has 10 heteroatoms. The lowest BCUT2D eigenvalue weighted by Gasteiger charge is -2.11. The molecule has 0 atom stereocenters. The lowest BCUT2D eigenvalue weighted by atomic mass is 10.2. The molecule has 1 aliphatic rings. The molecule has 0 bridgehead atoms. The van der Waals surface area contributed by atoms with E-state index in [9.17, 15) is 21.6 Å². The molecule has 150 valence electrons. The normalized spacial score (nSPS) is 14.6. The Morgan fingerprint density at radius 3 is 2.18 bits per heavy atom. The van der Waals surface area contributed by atoms with Crippen molar-refractivity contribution in [3.05, 3.63) is 53.6 Å². The van der Waals surface area contributed by atoms with Crippen LogP contribution in [0.3, 0.4) is 0 Å². The number of hydrogen-bond donors (Lipinski definition) is 3.